The predicted molar refractivity (Wildman–Crippen MR) is 62.0 cm³/mol. The topological polar surface area (TPSA) is 42.7 Å². The van der Waals surface area contributed by atoms with Crippen LogP contribution in [-0.2, 0) is 19.5 Å². The van der Waals surface area contributed by atoms with Crippen LogP contribution in [0.4, 0.5) is 0 Å². The summed E-state index contributed by atoms with van der Waals surface area (Å²) in [6.45, 7) is 3.16. The first-order valence-corrected chi connectivity index (χ1v) is 6.55. The summed E-state index contributed by atoms with van der Waals surface area (Å²) < 4.78 is 2.33. The Morgan fingerprint density at radius 3 is 3.00 bits per heavy atom. The highest BCUT2D eigenvalue weighted by atomic mass is 15.3. The van der Waals surface area contributed by atoms with Crippen LogP contribution in [0.15, 0.2) is 0 Å². The number of rotatable bonds is 4. The molecule has 0 atom stereocenters. The molecule has 1 fully saturated rings. The molecule has 4 nitrogen and oxygen atoms in total. The Hall–Kier alpha value is -0.900. The Bertz CT molecular complexity index is 354. The van der Waals surface area contributed by atoms with E-state index < -0.39 is 0 Å². The molecule has 1 N–H and O–H groups in total. The second-order valence-corrected chi connectivity index (χ2v) is 5.07. The van der Waals surface area contributed by atoms with Gasteiger partial charge in [-0.1, -0.05) is 6.42 Å². The Balaban J connectivity index is 1.62. The van der Waals surface area contributed by atoms with Crippen molar-refractivity contribution in [2.24, 2.45) is 5.92 Å². The van der Waals surface area contributed by atoms with Gasteiger partial charge < -0.3 is 9.88 Å². The molecule has 1 saturated carbocycles. The van der Waals surface area contributed by atoms with E-state index in [0.29, 0.717) is 0 Å². The zero-order valence-electron chi connectivity index (χ0n) is 9.78. The van der Waals surface area contributed by atoms with E-state index in [0.717, 1.165) is 37.8 Å². The fourth-order valence-electron chi connectivity index (χ4n) is 2.39. The molecule has 1 aliphatic heterocycles. The van der Waals surface area contributed by atoms with Crippen LogP contribution in [0.25, 0.3) is 0 Å². The van der Waals surface area contributed by atoms with Crippen LogP contribution < -0.4 is 5.32 Å². The monoisotopic (exact) mass is 220 g/mol. The van der Waals surface area contributed by atoms with Crippen LogP contribution in [0.3, 0.4) is 0 Å². The van der Waals surface area contributed by atoms with Crippen molar-refractivity contribution in [3.8, 4) is 0 Å². The summed E-state index contributed by atoms with van der Waals surface area (Å²) in [5, 5.41) is 12.1. The van der Waals surface area contributed by atoms with Gasteiger partial charge in [-0.2, -0.15) is 0 Å². The minimum Gasteiger partial charge on any atom is -0.314 e. The van der Waals surface area contributed by atoms with Crippen molar-refractivity contribution in [2.75, 3.05) is 6.54 Å². The third-order valence-corrected chi connectivity index (χ3v) is 3.60. The number of hydrogen-bond acceptors (Lipinski definition) is 3. The fourth-order valence-corrected chi connectivity index (χ4v) is 2.39. The molecule has 0 spiro atoms. The number of hydrogen-bond donors (Lipinski definition) is 1. The molecule has 1 aromatic heterocycles. The third kappa shape index (κ3) is 2.26. The average Bonchev–Trinajstić information content (AvgIpc) is 3.06. The summed E-state index contributed by atoms with van der Waals surface area (Å²) in [7, 11) is 0. The summed E-state index contributed by atoms with van der Waals surface area (Å²) in [5.74, 6) is 3.27. The summed E-state index contributed by atoms with van der Waals surface area (Å²) >= 11 is 0. The third-order valence-electron chi connectivity index (χ3n) is 3.60. The maximum Gasteiger partial charge on any atom is 0.147 e. The first kappa shape index (κ1) is 10.3. The van der Waals surface area contributed by atoms with E-state index in [9.17, 15) is 0 Å². The van der Waals surface area contributed by atoms with E-state index in [1.165, 1.54) is 37.9 Å². The van der Waals surface area contributed by atoms with Crippen LogP contribution in [-0.4, -0.2) is 21.3 Å². The molecule has 3 rings (SSSR count). The second-order valence-electron chi connectivity index (χ2n) is 5.07. The van der Waals surface area contributed by atoms with Gasteiger partial charge in [-0.05, 0) is 38.1 Å². The van der Waals surface area contributed by atoms with Crippen LogP contribution in [0.5, 0.6) is 0 Å². The Kier molecular flexibility index (Phi) is 2.91. The molecular formula is C12H20N4. The average molecular weight is 220 g/mol. The SMILES string of the molecule is C1CCc2nnc(CNCC3CC3)n2CC1. The highest BCUT2D eigenvalue weighted by molar-refractivity contribution is 4.97. The molecule has 0 saturated heterocycles. The number of aryl methyl sites for hydroxylation is 1. The lowest BCUT2D eigenvalue weighted by molar-refractivity contribution is 0.561. The van der Waals surface area contributed by atoms with Crippen molar-refractivity contribution in [3.05, 3.63) is 11.6 Å². The van der Waals surface area contributed by atoms with E-state index in [2.05, 4.69) is 20.1 Å². The summed E-state index contributed by atoms with van der Waals surface area (Å²) in [4.78, 5) is 0. The maximum absolute atomic E-state index is 4.31. The zero-order chi connectivity index (χ0) is 10.8. The zero-order valence-corrected chi connectivity index (χ0v) is 9.78. The molecule has 88 valence electrons. The molecule has 1 aromatic rings. The molecule has 0 amide bonds. The molecule has 0 aromatic carbocycles. The highest BCUT2D eigenvalue weighted by Gasteiger charge is 2.21. The molecular weight excluding hydrogens is 200 g/mol. The molecule has 2 aliphatic rings. The molecule has 16 heavy (non-hydrogen) atoms. The lowest BCUT2D eigenvalue weighted by Crippen LogP contribution is -2.19. The molecule has 1 aliphatic carbocycles. The first-order valence-electron chi connectivity index (χ1n) is 6.55. The quantitative estimate of drug-likeness (QED) is 0.836. The predicted octanol–water partition coefficient (Wildman–Crippen LogP) is 1.50. The van der Waals surface area contributed by atoms with Crippen LogP contribution in [0, 0.1) is 5.92 Å². The van der Waals surface area contributed by atoms with Crippen LogP contribution in [0.1, 0.15) is 43.8 Å². The van der Waals surface area contributed by atoms with Gasteiger partial charge in [-0.25, -0.2) is 0 Å². The minimum absolute atomic E-state index is 0.892. The van der Waals surface area contributed by atoms with Gasteiger partial charge in [0.2, 0.25) is 0 Å². The van der Waals surface area contributed by atoms with Crippen molar-refractivity contribution < 1.29 is 0 Å². The molecule has 0 bridgehead atoms. The normalized spacial score (nSPS) is 20.5. The number of nitrogens with one attached hydrogen (secondary N) is 1. The van der Waals surface area contributed by atoms with Crippen molar-refractivity contribution >= 4 is 0 Å². The molecule has 2 heterocycles. The lowest BCUT2D eigenvalue weighted by atomic mass is 10.2. The summed E-state index contributed by atoms with van der Waals surface area (Å²) in [5.41, 5.74) is 0. The largest absolute Gasteiger partial charge is 0.314 e. The van der Waals surface area contributed by atoms with Gasteiger partial charge >= 0.3 is 0 Å². The van der Waals surface area contributed by atoms with E-state index >= 15 is 0 Å². The molecule has 0 radical (unpaired) electrons. The smallest absolute Gasteiger partial charge is 0.147 e. The van der Waals surface area contributed by atoms with Gasteiger partial charge in [0.05, 0.1) is 6.54 Å². The van der Waals surface area contributed by atoms with Crippen LogP contribution in [0.2, 0.25) is 0 Å². The Morgan fingerprint density at radius 1 is 1.19 bits per heavy atom. The van der Waals surface area contributed by atoms with Gasteiger partial charge in [-0.3, -0.25) is 0 Å². The van der Waals surface area contributed by atoms with Crippen molar-refractivity contribution in [1.29, 1.82) is 0 Å². The van der Waals surface area contributed by atoms with Gasteiger partial charge in [0, 0.05) is 13.0 Å². The number of aromatic nitrogens is 3. The van der Waals surface area contributed by atoms with Gasteiger partial charge in [0.1, 0.15) is 11.6 Å². The summed E-state index contributed by atoms with van der Waals surface area (Å²) in [6.07, 6.45) is 7.80. The van der Waals surface area contributed by atoms with E-state index in [-0.39, 0.29) is 0 Å². The first-order chi connectivity index (χ1) is 7.93. The van der Waals surface area contributed by atoms with E-state index in [4.69, 9.17) is 0 Å². The Morgan fingerprint density at radius 2 is 2.12 bits per heavy atom. The van der Waals surface area contributed by atoms with Crippen molar-refractivity contribution in [3.63, 3.8) is 0 Å². The summed E-state index contributed by atoms with van der Waals surface area (Å²) in [6, 6.07) is 0. The van der Waals surface area contributed by atoms with Gasteiger partial charge in [0.15, 0.2) is 0 Å². The van der Waals surface area contributed by atoms with Crippen molar-refractivity contribution in [2.45, 2.75) is 51.6 Å². The van der Waals surface area contributed by atoms with E-state index in [1.807, 2.05) is 0 Å². The maximum atomic E-state index is 4.31. The van der Waals surface area contributed by atoms with Gasteiger partial charge in [-0.15, -0.1) is 10.2 Å². The van der Waals surface area contributed by atoms with Crippen molar-refractivity contribution in [1.82, 2.24) is 20.1 Å². The van der Waals surface area contributed by atoms with Crippen LogP contribution >= 0.6 is 0 Å². The lowest BCUT2D eigenvalue weighted by Gasteiger charge is -2.07. The fraction of sp³-hybridized carbons (Fsp3) is 0.833. The molecule has 4 heteroatoms. The highest BCUT2D eigenvalue weighted by Crippen LogP contribution is 2.27. The number of fused-ring (bicyclic) bond motifs is 1. The second kappa shape index (κ2) is 4.53. The van der Waals surface area contributed by atoms with E-state index in [1.54, 1.807) is 0 Å². The number of nitrogens with zero attached hydrogens (tertiary/aromatic N) is 3. The minimum atomic E-state index is 0.892. The molecule has 0 unspecified atom stereocenters. The standard InChI is InChI=1S/C12H20N4/c1-2-4-11-14-15-12(16(11)7-3-1)9-13-8-10-5-6-10/h10,13H,1-9H2. The Labute approximate surface area is 96.4 Å². The van der Waals surface area contributed by atoms with Gasteiger partial charge in [0.25, 0.3) is 0 Å².